The van der Waals surface area contributed by atoms with E-state index in [0.29, 0.717) is 16.7 Å². The highest BCUT2D eigenvalue weighted by Gasteiger charge is 2.54. The highest BCUT2D eigenvalue weighted by molar-refractivity contribution is 7.84. The summed E-state index contributed by atoms with van der Waals surface area (Å²) in [5, 5.41) is 3.33. The van der Waals surface area contributed by atoms with E-state index in [0.717, 1.165) is 42.7 Å². The Morgan fingerprint density at radius 3 is 2.60 bits per heavy atom. The number of carbonyl (C=O) groups is 1. The van der Waals surface area contributed by atoms with E-state index in [2.05, 4.69) is 15.3 Å². The molecule has 0 aromatic carbocycles. The average Bonchev–Trinajstić information content (AvgIpc) is 3.30. The molecule has 2 aliphatic rings. The third-order valence-corrected chi connectivity index (χ3v) is 6.68. The van der Waals surface area contributed by atoms with Crippen molar-refractivity contribution in [1.29, 1.82) is 0 Å². The molecule has 3 aromatic heterocycles. The van der Waals surface area contributed by atoms with Crippen molar-refractivity contribution >= 4 is 27.9 Å². The van der Waals surface area contributed by atoms with Gasteiger partial charge in [-0.1, -0.05) is 13.8 Å². The summed E-state index contributed by atoms with van der Waals surface area (Å²) >= 11 is 0. The number of aromatic nitrogens is 2. The fraction of sp³-hybridized carbons (Fsp3) is 0.500. The van der Waals surface area contributed by atoms with Gasteiger partial charge in [-0.15, -0.1) is 0 Å². The predicted octanol–water partition coefficient (Wildman–Crippen LogP) is 4.34. The van der Waals surface area contributed by atoms with Gasteiger partial charge in [0.2, 0.25) is 11.6 Å². The van der Waals surface area contributed by atoms with Gasteiger partial charge in [0.05, 0.1) is 10.8 Å². The number of fused-ring (bicyclic) bond motifs is 1. The van der Waals surface area contributed by atoms with Crippen molar-refractivity contribution < 1.29 is 17.8 Å². The molecule has 0 bridgehead atoms. The summed E-state index contributed by atoms with van der Waals surface area (Å²) in [5.74, 6) is 1.08. The van der Waals surface area contributed by atoms with Crippen molar-refractivity contribution in [2.24, 2.45) is 5.41 Å². The van der Waals surface area contributed by atoms with Crippen molar-refractivity contribution in [2.75, 3.05) is 6.26 Å². The number of pyridine rings is 1. The van der Waals surface area contributed by atoms with Crippen LogP contribution in [-0.4, -0.2) is 32.4 Å². The van der Waals surface area contributed by atoms with E-state index in [4.69, 9.17) is 8.83 Å². The van der Waals surface area contributed by atoms with E-state index in [9.17, 15) is 9.00 Å². The van der Waals surface area contributed by atoms with Crippen LogP contribution >= 0.6 is 0 Å². The Balaban J connectivity index is 0.00000106. The van der Waals surface area contributed by atoms with E-state index in [-0.39, 0.29) is 23.1 Å². The monoisotopic (exact) mass is 429 g/mol. The molecule has 2 saturated carbocycles. The SMILES string of the molecule is CC.Cc1cnc2oc(C3CC4(CC(NC(=O)c5ccc(S(C)=O)o5)C4)C3)nc2c1. The van der Waals surface area contributed by atoms with Crippen LogP contribution in [-0.2, 0) is 10.8 Å². The number of amides is 1. The lowest BCUT2D eigenvalue weighted by atomic mass is 9.50. The van der Waals surface area contributed by atoms with Crippen LogP contribution in [0.1, 0.15) is 67.5 Å². The summed E-state index contributed by atoms with van der Waals surface area (Å²) < 4.78 is 22.6. The maximum absolute atomic E-state index is 12.3. The number of rotatable bonds is 4. The number of hydrogen-bond donors (Lipinski definition) is 1. The number of furan rings is 1. The first-order chi connectivity index (χ1) is 14.4. The smallest absolute Gasteiger partial charge is 0.287 e. The molecule has 5 rings (SSSR count). The minimum absolute atomic E-state index is 0.155. The zero-order valence-electron chi connectivity index (χ0n) is 17.7. The number of carbonyl (C=O) groups excluding carboxylic acids is 1. The Labute approximate surface area is 178 Å². The molecule has 1 N–H and O–H groups in total. The van der Waals surface area contributed by atoms with E-state index in [1.54, 1.807) is 18.3 Å². The Kier molecular flexibility index (Phi) is 5.53. The van der Waals surface area contributed by atoms with Crippen LogP contribution in [0.15, 0.2) is 38.3 Å². The molecule has 1 spiro atoms. The molecular weight excluding hydrogens is 402 g/mol. The molecular formula is C22H27N3O4S. The normalized spacial score (nSPS) is 25.7. The fourth-order valence-electron chi connectivity index (χ4n) is 4.55. The minimum Gasteiger partial charge on any atom is -0.442 e. The number of aryl methyl sites for hydroxylation is 1. The summed E-state index contributed by atoms with van der Waals surface area (Å²) in [4.78, 5) is 21.2. The molecule has 0 aliphatic heterocycles. The zero-order valence-corrected chi connectivity index (χ0v) is 18.5. The van der Waals surface area contributed by atoms with Crippen molar-refractivity contribution in [1.82, 2.24) is 15.3 Å². The van der Waals surface area contributed by atoms with Gasteiger partial charge in [-0.3, -0.25) is 9.00 Å². The van der Waals surface area contributed by atoms with E-state index < -0.39 is 10.8 Å². The standard InChI is InChI=1S/C20H21N3O4S.C2H6/c1-11-5-14-19(21-10-11)27-18(23-14)12-6-20(7-12)8-13(9-20)22-17(24)15-3-4-16(26-15)28(2)25;1-2/h3-5,10,12-13H,6-9H2,1-2H3,(H,22,24);1-2H3. The quantitative estimate of drug-likeness (QED) is 0.662. The molecule has 1 unspecified atom stereocenters. The average molecular weight is 430 g/mol. The number of hydrogen-bond acceptors (Lipinski definition) is 6. The zero-order chi connectivity index (χ0) is 21.5. The van der Waals surface area contributed by atoms with Crippen molar-refractivity contribution in [3.63, 3.8) is 0 Å². The Bertz CT molecular complexity index is 1090. The molecule has 3 heterocycles. The van der Waals surface area contributed by atoms with Gasteiger partial charge in [0.15, 0.2) is 10.9 Å². The second-order valence-corrected chi connectivity index (χ2v) is 9.46. The van der Waals surface area contributed by atoms with E-state index in [1.165, 1.54) is 6.26 Å². The van der Waals surface area contributed by atoms with Crippen LogP contribution in [0.2, 0.25) is 0 Å². The molecule has 8 heteroatoms. The third-order valence-electron chi connectivity index (χ3n) is 5.89. The van der Waals surface area contributed by atoms with Gasteiger partial charge < -0.3 is 14.2 Å². The number of nitrogens with one attached hydrogen (secondary N) is 1. The molecule has 1 amide bonds. The Morgan fingerprint density at radius 2 is 1.93 bits per heavy atom. The molecule has 2 fully saturated rings. The molecule has 3 aromatic rings. The molecule has 1 atom stereocenters. The number of oxazole rings is 1. The lowest BCUT2D eigenvalue weighted by molar-refractivity contribution is -0.0257. The molecule has 0 saturated heterocycles. The number of nitrogens with zero attached hydrogens (tertiary/aromatic N) is 2. The van der Waals surface area contributed by atoms with Crippen LogP contribution in [0, 0.1) is 12.3 Å². The van der Waals surface area contributed by atoms with Crippen LogP contribution in [0.4, 0.5) is 0 Å². The summed E-state index contributed by atoms with van der Waals surface area (Å²) in [7, 11) is -1.23. The summed E-state index contributed by atoms with van der Waals surface area (Å²) in [6, 6.07) is 5.30. The predicted molar refractivity (Wildman–Crippen MR) is 114 cm³/mol. The van der Waals surface area contributed by atoms with Gasteiger partial charge >= 0.3 is 0 Å². The van der Waals surface area contributed by atoms with Crippen molar-refractivity contribution in [2.45, 2.75) is 63.5 Å². The fourth-order valence-corrected chi connectivity index (χ4v) is 5.02. The van der Waals surface area contributed by atoms with Crippen LogP contribution < -0.4 is 5.32 Å². The highest BCUT2D eigenvalue weighted by atomic mass is 32.2. The first-order valence-corrected chi connectivity index (χ1v) is 11.9. The lowest BCUT2D eigenvalue weighted by Crippen LogP contribution is -2.55. The van der Waals surface area contributed by atoms with Gasteiger partial charge in [-0.05, 0) is 61.8 Å². The van der Waals surface area contributed by atoms with Gasteiger partial charge in [0.1, 0.15) is 5.52 Å². The molecule has 7 nitrogen and oxygen atoms in total. The summed E-state index contributed by atoms with van der Waals surface area (Å²) in [6.07, 6.45) is 7.30. The van der Waals surface area contributed by atoms with Crippen molar-refractivity contribution in [3.8, 4) is 0 Å². The van der Waals surface area contributed by atoms with Gasteiger partial charge in [-0.2, -0.15) is 0 Å². The summed E-state index contributed by atoms with van der Waals surface area (Å²) in [6.45, 7) is 5.99. The largest absolute Gasteiger partial charge is 0.442 e. The summed E-state index contributed by atoms with van der Waals surface area (Å²) in [5.41, 5.74) is 2.78. The van der Waals surface area contributed by atoms with E-state index in [1.807, 2.05) is 26.8 Å². The molecule has 160 valence electrons. The molecule has 0 radical (unpaired) electrons. The first-order valence-electron chi connectivity index (χ1n) is 10.4. The molecule has 2 aliphatic carbocycles. The minimum atomic E-state index is -1.23. The van der Waals surface area contributed by atoms with E-state index >= 15 is 0 Å². The second-order valence-electron chi connectivity index (χ2n) is 8.15. The topological polar surface area (TPSA) is 98.2 Å². The lowest BCUT2D eigenvalue weighted by Gasteiger charge is -2.57. The van der Waals surface area contributed by atoms with Gasteiger partial charge in [0, 0.05) is 24.4 Å². The first kappa shape index (κ1) is 20.8. The second kappa shape index (κ2) is 7.98. The maximum Gasteiger partial charge on any atom is 0.287 e. The Hall–Kier alpha value is -2.48. The highest BCUT2D eigenvalue weighted by Crippen LogP contribution is 2.61. The van der Waals surface area contributed by atoms with Crippen molar-refractivity contribution in [3.05, 3.63) is 41.6 Å². The van der Waals surface area contributed by atoms with Crippen LogP contribution in [0.5, 0.6) is 0 Å². The molecule has 30 heavy (non-hydrogen) atoms. The Morgan fingerprint density at radius 1 is 1.20 bits per heavy atom. The van der Waals surface area contributed by atoms with Gasteiger partial charge in [0.25, 0.3) is 5.91 Å². The maximum atomic E-state index is 12.3. The van der Waals surface area contributed by atoms with Crippen LogP contribution in [0.25, 0.3) is 11.2 Å². The van der Waals surface area contributed by atoms with Crippen LogP contribution in [0.3, 0.4) is 0 Å². The van der Waals surface area contributed by atoms with Gasteiger partial charge in [-0.25, -0.2) is 9.97 Å². The third kappa shape index (κ3) is 3.80.